The number of anilines is 1. The number of ether oxygens (including phenoxy) is 1. The molecule has 0 aromatic heterocycles. The molecule has 2 N–H and O–H groups in total. The van der Waals surface area contributed by atoms with Crippen molar-refractivity contribution in [2.75, 3.05) is 12.0 Å². The number of rotatable bonds is 4. The van der Waals surface area contributed by atoms with E-state index >= 15 is 0 Å². The van der Waals surface area contributed by atoms with Crippen LogP contribution >= 0.6 is 23.2 Å². The number of nitrogens with zero attached hydrogens (tertiary/aromatic N) is 1. The van der Waals surface area contributed by atoms with Crippen molar-refractivity contribution in [3.05, 3.63) is 93.5 Å². The summed E-state index contributed by atoms with van der Waals surface area (Å²) in [4.78, 5) is 27.5. The topological polar surface area (TPSA) is 87.1 Å². The van der Waals surface area contributed by atoms with Crippen LogP contribution in [0.3, 0.4) is 0 Å². The fourth-order valence-electron chi connectivity index (χ4n) is 3.71. The van der Waals surface area contributed by atoms with E-state index in [1.807, 2.05) is 0 Å². The molecule has 1 unspecified atom stereocenters. The monoisotopic (exact) mass is 469 g/mol. The summed E-state index contributed by atoms with van der Waals surface area (Å²) in [5.41, 5.74) is 0.924. The molecule has 1 aliphatic heterocycles. The van der Waals surface area contributed by atoms with E-state index in [0.29, 0.717) is 21.3 Å². The second-order valence-electron chi connectivity index (χ2n) is 7.09. The van der Waals surface area contributed by atoms with Crippen molar-refractivity contribution in [3.63, 3.8) is 0 Å². The van der Waals surface area contributed by atoms with Crippen molar-refractivity contribution in [1.29, 1.82) is 0 Å². The van der Waals surface area contributed by atoms with Crippen molar-refractivity contribution in [3.8, 4) is 11.5 Å². The molecule has 32 heavy (non-hydrogen) atoms. The van der Waals surface area contributed by atoms with Gasteiger partial charge in [-0.2, -0.15) is 0 Å². The van der Waals surface area contributed by atoms with Crippen LogP contribution in [0.2, 0.25) is 10.0 Å². The van der Waals surface area contributed by atoms with Crippen molar-refractivity contribution >= 4 is 46.3 Å². The number of hydrogen-bond acceptors (Lipinski definition) is 5. The number of hydrogen-bond donors (Lipinski definition) is 2. The van der Waals surface area contributed by atoms with Crippen LogP contribution in [0.5, 0.6) is 11.5 Å². The maximum atomic E-state index is 13.2. The number of benzene rings is 3. The van der Waals surface area contributed by atoms with Crippen LogP contribution in [0.1, 0.15) is 17.2 Å². The number of Topliss-reactive ketones (excluding diaryl/α,β-unsaturated/α-hetero) is 1. The molecule has 1 fully saturated rings. The highest BCUT2D eigenvalue weighted by Gasteiger charge is 2.47. The average Bonchev–Trinajstić information content (AvgIpc) is 3.04. The van der Waals surface area contributed by atoms with Crippen LogP contribution in [0.15, 0.2) is 72.3 Å². The number of carbonyl (C=O) groups is 2. The molecule has 1 aliphatic rings. The highest BCUT2D eigenvalue weighted by Crippen LogP contribution is 2.44. The minimum absolute atomic E-state index is 0.0185. The zero-order valence-electron chi connectivity index (χ0n) is 16.8. The number of aromatic hydroxyl groups is 1. The van der Waals surface area contributed by atoms with Gasteiger partial charge in [-0.3, -0.25) is 14.5 Å². The van der Waals surface area contributed by atoms with E-state index in [9.17, 15) is 19.8 Å². The lowest BCUT2D eigenvalue weighted by Crippen LogP contribution is -2.29. The van der Waals surface area contributed by atoms with Crippen LogP contribution < -0.4 is 9.64 Å². The van der Waals surface area contributed by atoms with Crippen molar-refractivity contribution < 1.29 is 24.5 Å². The van der Waals surface area contributed by atoms with E-state index in [1.54, 1.807) is 48.5 Å². The molecular formula is C24H17Cl2NO5. The summed E-state index contributed by atoms with van der Waals surface area (Å²) >= 11 is 12.2. The Kier molecular flexibility index (Phi) is 5.82. The fourth-order valence-corrected chi connectivity index (χ4v) is 4.06. The zero-order chi connectivity index (χ0) is 23.0. The Labute approximate surface area is 193 Å². The standard InChI is InChI=1S/C24H17Cl2NO5/c1-32-19-10-7-15(26)12-18(19)22(29)20-21(13-5-8-17(28)9-6-13)27(24(31)23(20)30)16-4-2-3-14(25)11-16/h2-12,21,28-29H,1H3/b22-20+. The number of aliphatic hydroxyl groups is 1. The van der Waals surface area contributed by atoms with Gasteiger partial charge in [0, 0.05) is 15.7 Å². The highest BCUT2D eigenvalue weighted by atomic mass is 35.5. The number of aliphatic hydroxyl groups excluding tert-OH is 1. The number of phenolic OH excluding ortho intramolecular Hbond substituents is 1. The minimum atomic E-state index is -0.974. The summed E-state index contributed by atoms with van der Waals surface area (Å²) in [7, 11) is 1.42. The van der Waals surface area contributed by atoms with Gasteiger partial charge in [0.05, 0.1) is 24.3 Å². The first-order chi connectivity index (χ1) is 15.3. The first kappa shape index (κ1) is 21.7. The number of amides is 1. The molecule has 0 bridgehead atoms. The lowest BCUT2D eigenvalue weighted by atomic mass is 9.94. The molecule has 0 radical (unpaired) electrons. The van der Waals surface area contributed by atoms with Gasteiger partial charge in [0.15, 0.2) is 0 Å². The Morgan fingerprint density at radius 3 is 2.31 bits per heavy atom. The van der Waals surface area contributed by atoms with Gasteiger partial charge in [0.25, 0.3) is 11.7 Å². The van der Waals surface area contributed by atoms with Gasteiger partial charge in [-0.15, -0.1) is 0 Å². The highest BCUT2D eigenvalue weighted by molar-refractivity contribution is 6.52. The number of ketones is 1. The predicted molar refractivity (Wildman–Crippen MR) is 122 cm³/mol. The summed E-state index contributed by atoms with van der Waals surface area (Å²) in [6.45, 7) is 0. The summed E-state index contributed by atoms with van der Waals surface area (Å²) in [6, 6.07) is 16.1. The molecule has 8 heteroatoms. The van der Waals surface area contributed by atoms with Gasteiger partial charge >= 0.3 is 0 Å². The zero-order valence-corrected chi connectivity index (χ0v) is 18.3. The summed E-state index contributed by atoms with van der Waals surface area (Å²) in [6.07, 6.45) is 0. The van der Waals surface area contributed by atoms with Crippen LogP contribution in [0.25, 0.3) is 5.76 Å². The minimum Gasteiger partial charge on any atom is -0.508 e. The number of carbonyl (C=O) groups excluding carboxylic acids is 2. The molecule has 162 valence electrons. The molecule has 0 spiro atoms. The largest absolute Gasteiger partial charge is 0.508 e. The molecule has 3 aromatic carbocycles. The van der Waals surface area contributed by atoms with E-state index in [4.69, 9.17) is 27.9 Å². The molecular weight excluding hydrogens is 453 g/mol. The predicted octanol–water partition coefficient (Wildman–Crippen LogP) is 5.33. The van der Waals surface area contributed by atoms with Gasteiger partial charge in [-0.25, -0.2) is 0 Å². The number of halogens is 2. The molecule has 0 saturated carbocycles. The number of phenols is 1. The molecule has 1 amide bonds. The third-order valence-corrected chi connectivity index (χ3v) is 5.63. The van der Waals surface area contributed by atoms with E-state index in [1.165, 1.54) is 30.2 Å². The van der Waals surface area contributed by atoms with Crippen LogP contribution in [0.4, 0.5) is 5.69 Å². The quantitative estimate of drug-likeness (QED) is 0.306. The fraction of sp³-hybridized carbons (Fsp3) is 0.0833. The molecule has 0 aliphatic carbocycles. The normalized spacial score (nSPS) is 17.6. The second-order valence-corrected chi connectivity index (χ2v) is 7.96. The summed E-state index contributed by atoms with van der Waals surface area (Å²) < 4.78 is 5.31. The van der Waals surface area contributed by atoms with Gasteiger partial charge in [-0.1, -0.05) is 41.4 Å². The Morgan fingerprint density at radius 1 is 0.969 bits per heavy atom. The van der Waals surface area contributed by atoms with Gasteiger partial charge in [-0.05, 0) is 54.1 Å². The smallest absolute Gasteiger partial charge is 0.300 e. The van der Waals surface area contributed by atoms with E-state index in [0.717, 1.165) is 0 Å². The SMILES string of the molecule is COc1ccc(Cl)cc1/C(O)=C1\C(=O)C(=O)N(c2cccc(Cl)c2)C1c1ccc(O)cc1. The third kappa shape index (κ3) is 3.79. The molecule has 3 aromatic rings. The van der Waals surface area contributed by atoms with Crippen LogP contribution in [-0.2, 0) is 9.59 Å². The van der Waals surface area contributed by atoms with Crippen molar-refractivity contribution in [2.45, 2.75) is 6.04 Å². The van der Waals surface area contributed by atoms with E-state index in [2.05, 4.69) is 0 Å². The maximum Gasteiger partial charge on any atom is 0.300 e. The summed E-state index contributed by atoms with van der Waals surface area (Å²) in [5, 5.41) is 21.6. The second kappa shape index (κ2) is 8.57. The Bertz CT molecular complexity index is 1250. The molecule has 4 rings (SSSR count). The first-order valence-corrected chi connectivity index (χ1v) is 10.3. The molecule has 1 heterocycles. The van der Waals surface area contributed by atoms with Crippen LogP contribution in [0, 0.1) is 0 Å². The first-order valence-electron chi connectivity index (χ1n) is 9.51. The molecule has 1 atom stereocenters. The van der Waals surface area contributed by atoms with E-state index < -0.39 is 23.5 Å². The van der Waals surface area contributed by atoms with Gasteiger partial charge < -0.3 is 14.9 Å². The van der Waals surface area contributed by atoms with Gasteiger partial charge in [0.2, 0.25) is 0 Å². The van der Waals surface area contributed by atoms with Gasteiger partial charge in [0.1, 0.15) is 17.3 Å². The van der Waals surface area contributed by atoms with Crippen molar-refractivity contribution in [2.24, 2.45) is 0 Å². The maximum absolute atomic E-state index is 13.2. The average molecular weight is 470 g/mol. The van der Waals surface area contributed by atoms with Crippen molar-refractivity contribution in [1.82, 2.24) is 0 Å². The Balaban J connectivity index is 1.99. The molecule has 1 saturated heterocycles. The lowest BCUT2D eigenvalue weighted by Gasteiger charge is -2.25. The lowest BCUT2D eigenvalue weighted by molar-refractivity contribution is -0.132. The Hall–Kier alpha value is -3.48. The third-order valence-electron chi connectivity index (χ3n) is 5.16. The number of methoxy groups -OCH3 is 1. The summed E-state index contributed by atoms with van der Waals surface area (Å²) in [5.74, 6) is -1.82. The van der Waals surface area contributed by atoms with E-state index in [-0.39, 0.29) is 22.6 Å². The van der Waals surface area contributed by atoms with Crippen LogP contribution in [-0.4, -0.2) is 29.0 Å². The Morgan fingerprint density at radius 2 is 1.66 bits per heavy atom. The molecule has 6 nitrogen and oxygen atoms in total.